The molecule has 0 bridgehead atoms. The van der Waals surface area contributed by atoms with E-state index in [1.165, 1.54) is 6.42 Å². The number of hydrogen-bond donors (Lipinski definition) is 0. The predicted octanol–water partition coefficient (Wildman–Crippen LogP) is 2.32. The maximum absolute atomic E-state index is 11.4. The maximum atomic E-state index is 11.4. The molecule has 2 atom stereocenters. The third kappa shape index (κ3) is 1.24. The highest BCUT2D eigenvalue weighted by Gasteiger charge is 2.31. The van der Waals surface area contributed by atoms with Crippen LogP contribution < -0.4 is 0 Å². The highest BCUT2D eigenvalue weighted by Crippen LogP contribution is 2.35. The Bertz CT molecular complexity index is 193. The van der Waals surface area contributed by atoms with E-state index in [-0.39, 0.29) is 0 Å². The summed E-state index contributed by atoms with van der Waals surface area (Å²) in [7, 11) is 0. The van der Waals surface area contributed by atoms with Gasteiger partial charge in [-0.3, -0.25) is 4.79 Å². The maximum Gasteiger partial charge on any atom is 0.136 e. The predicted molar refractivity (Wildman–Crippen MR) is 44.2 cm³/mol. The standard InChI is InChI=1S/C10H14O/c11-10-7-3-5-8-4-1-2-6-9(8)10/h1-2,8-9H,3-7H2/t8-,9+/m1/s1. The molecule has 11 heavy (non-hydrogen) atoms. The van der Waals surface area contributed by atoms with Gasteiger partial charge < -0.3 is 0 Å². The van der Waals surface area contributed by atoms with Crippen molar-refractivity contribution in [2.24, 2.45) is 11.8 Å². The molecule has 0 unspecified atom stereocenters. The quantitative estimate of drug-likeness (QED) is 0.484. The van der Waals surface area contributed by atoms with Crippen molar-refractivity contribution in [2.75, 3.05) is 0 Å². The first-order valence-corrected chi connectivity index (χ1v) is 4.55. The van der Waals surface area contributed by atoms with Crippen molar-refractivity contribution in [2.45, 2.75) is 32.1 Å². The van der Waals surface area contributed by atoms with E-state index in [1.807, 2.05) is 0 Å². The van der Waals surface area contributed by atoms with Gasteiger partial charge in [0.15, 0.2) is 0 Å². The number of fused-ring (bicyclic) bond motifs is 1. The van der Waals surface area contributed by atoms with E-state index in [4.69, 9.17) is 0 Å². The lowest BCUT2D eigenvalue weighted by Crippen LogP contribution is -2.29. The van der Waals surface area contributed by atoms with Crippen molar-refractivity contribution in [3.63, 3.8) is 0 Å². The molecule has 0 amide bonds. The number of rotatable bonds is 0. The van der Waals surface area contributed by atoms with Crippen LogP contribution in [0.3, 0.4) is 0 Å². The summed E-state index contributed by atoms with van der Waals surface area (Å²) in [5, 5.41) is 0. The van der Waals surface area contributed by atoms with E-state index < -0.39 is 0 Å². The summed E-state index contributed by atoms with van der Waals surface area (Å²) < 4.78 is 0. The first-order valence-electron chi connectivity index (χ1n) is 4.55. The van der Waals surface area contributed by atoms with Crippen LogP contribution in [0.15, 0.2) is 12.2 Å². The molecule has 60 valence electrons. The molecule has 0 heterocycles. The lowest BCUT2D eigenvalue weighted by atomic mass is 9.73. The molecule has 0 aromatic carbocycles. The van der Waals surface area contributed by atoms with Gasteiger partial charge in [-0.2, -0.15) is 0 Å². The Morgan fingerprint density at radius 3 is 2.91 bits per heavy atom. The minimum atomic E-state index is 0.397. The van der Waals surface area contributed by atoms with Crippen molar-refractivity contribution >= 4 is 5.78 Å². The Kier molecular flexibility index (Phi) is 1.80. The van der Waals surface area contributed by atoms with Gasteiger partial charge in [-0.25, -0.2) is 0 Å². The molecule has 0 aromatic rings. The first-order chi connectivity index (χ1) is 5.38. The molecule has 0 spiro atoms. The zero-order valence-corrected chi connectivity index (χ0v) is 6.75. The number of carbonyl (C=O) groups is 1. The van der Waals surface area contributed by atoms with Crippen LogP contribution in [0.4, 0.5) is 0 Å². The summed E-state index contributed by atoms with van der Waals surface area (Å²) in [5.74, 6) is 1.61. The number of ketones is 1. The number of Topliss-reactive ketones (excluding diaryl/α,β-unsaturated/α-hetero) is 1. The van der Waals surface area contributed by atoms with Gasteiger partial charge in [-0.1, -0.05) is 12.2 Å². The van der Waals surface area contributed by atoms with E-state index in [9.17, 15) is 4.79 Å². The van der Waals surface area contributed by atoms with Crippen LogP contribution in [0.25, 0.3) is 0 Å². The zero-order chi connectivity index (χ0) is 7.68. The molecule has 1 saturated carbocycles. The Morgan fingerprint density at radius 2 is 2.09 bits per heavy atom. The topological polar surface area (TPSA) is 17.1 Å². The van der Waals surface area contributed by atoms with Crippen molar-refractivity contribution < 1.29 is 4.79 Å². The minimum Gasteiger partial charge on any atom is -0.299 e. The van der Waals surface area contributed by atoms with Crippen molar-refractivity contribution in [3.8, 4) is 0 Å². The van der Waals surface area contributed by atoms with E-state index in [1.54, 1.807) is 0 Å². The molecule has 1 fully saturated rings. The van der Waals surface area contributed by atoms with E-state index in [2.05, 4.69) is 12.2 Å². The van der Waals surface area contributed by atoms with Gasteiger partial charge in [-0.05, 0) is 31.6 Å². The monoisotopic (exact) mass is 150 g/mol. The number of carbonyl (C=O) groups excluding carboxylic acids is 1. The second kappa shape index (κ2) is 2.80. The largest absolute Gasteiger partial charge is 0.299 e. The van der Waals surface area contributed by atoms with Crippen LogP contribution in [-0.4, -0.2) is 5.78 Å². The Balaban J connectivity index is 2.13. The molecule has 0 N–H and O–H groups in total. The molecule has 1 heteroatoms. The summed E-state index contributed by atoms with van der Waals surface area (Å²) in [4.78, 5) is 11.4. The second-order valence-corrected chi connectivity index (χ2v) is 3.67. The van der Waals surface area contributed by atoms with Gasteiger partial charge >= 0.3 is 0 Å². The highest BCUT2D eigenvalue weighted by atomic mass is 16.1. The lowest BCUT2D eigenvalue weighted by molar-refractivity contribution is -0.126. The molecular weight excluding hydrogens is 136 g/mol. The number of allylic oxidation sites excluding steroid dienone is 2. The smallest absolute Gasteiger partial charge is 0.136 e. The van der Waals surface area contributed by atoms with Crippen LogP contribution in [-0.2, 0) is 4.79 Å². The fraction of sp³-hybridized carbons (Fsp3) is 0.700. The average Bonchev–Trinajstić information content (AvgIpc) is 2.06. The molecule has 0 radical (unpaired) electrons. The molecule has 2 aliphatic rings. The lowest BCUT2D eigenvalue weighted by Gasteiger charge is -2.31. The zero-order valence-electron chi connectivity index (χ0n) is 6.75. The van der Waals surface area contributed by atoms with Crippen LogP contribution in [0.5, 0.6) is 0 Å². The number of hydrogen-bond acceptors (Lipinski definition) is 1. The van der Waals surface area contributed by atoms with E-state index in [0.717, 1.165) is 25.7 Å². The second-order valence-electron chi connectivity index (χ2n) is 3.67. The van der Waals surface area contributed by atoms with Crippen LogP contribution in [0, 0.1) is 11.8 Å². The average molecular weight is 150 g/mol. The SMILES string of the molecule is O=C1CCC[C@H]2CC=CC[C@H]12. The molecule has 2 aliphatic carbocycles. The van der Waals surface area contributed by atoms with E-state index >= 15 is 0 Å². The van der Waals surface area contributed by atoms with Gasteiger partial charge in [-0.15, -0.1) is 0 Å². The van der Waals surface area contributed by atoms with Gasteiger partial charge in [0.05, 0.1) is 0 Å². The van der Waals surface area contributed by atoms with Gasteiger partial charge in [0.1, 0.15) is 5.78 Å². The van der Waals surface area contributed by atoms with Gasteiger partial charge in [0, 0.05) is 12.3 Å². The van der Waals surface area contributed by atoms with Crippen molar-refractivity contribution in [1.82, 2.24) is 0 Å². The van der Waals surface area contributed by atoms with Crippen molar-refractivity contribution in [1.29, 1.82) is 0 Å². The molecule has 0 aromatic heterocycles. The minimum absolute atomic E-state index is 0.397. The normalized spacial score (nSPS) is 36.9. The Hall–Kier alpha value is -0.590. The molecule has 0 saturated heterocycles. The first kappa shape index (κ1) is 7.08. The third-order valence-corrected chi connectivity index (χ3v) is 2.98. The van der Waals surface area contributed by atoms with Gasteiger partial charge in [0.25, 0.3) is 0 Å². The summed E-state index contributed by atoms with van der Waals surface area (Å²) >= 11 is 0. The van der Waals surface area contributed by atoms with Gasteiger partial charge in [0.2, 0.25) is 0 Å². The molecular formula is C10H14O. The fourth-order valence-electron chi connectivity index (χ4n) is 2.31. The molecule has 1 nitrogen and oxygen atoms in total. The third-order valence-electron chi connectivity index (χ3n) is 2.98. The Labute approximate surface area is 67.5 Å². The van der Waals surface area contributed by atoms with Crippen LogP contribution in [0.1, 0.15) is 32.1 Å². The van der Waals surface area contributed by atoms with E-state index in [0.29, 0.717) is 17.6 Å². The van der Waals surface area contributed by atoms with Crippen LogP contribution in [0.2, 0.25) is 0 Å². The summed E-state index contributed by atoms with van der Waals surface area (Å²) in [6.07, 6.45) is 9.83. The fourth-order valence-corrected chi connectivity index (χ4v) is 2.31. The molecule has 0 aliphatic heterocycles. The van der Waals surface area contributed by atoms with Crippen molar-refractivity contribution in [3.05, 3.63) is 12.2 Å². The highest BCUT2D eigenvalue weighted by molar-refractivity contribution is 5.82. The van der Waals surface area contributed by atoms with Crippen LogP contribution >= 0.6 is 0 Å². The summed E-state index contributed by atoms with van der Waals surface area (Å²) in [6.45, 7) is 0. The Morgan fingerprint density at radius 1 is 1.27 bits per heavy atom. The molecule has 2 rings (SSSR count). The summed E-state index contributed by atoms with van der Waals surface area (Å²) in [5.41, 5.74) is 0. The summed E-state index contributed by atoms with van der Waals surface area (Å²) in [6, 6.07) is 0.